The lowest BCUT2D eigenvalue weighted by Gasteiger charge is -2.05. The summed E-state index contributed by atoms with van der Waals surface area (Å²) in [5.41, 5.74) is 0. The molecule has 0 aliphatic rings. The second-order valence-corrected chi connectivity index (χ2v) is 4.90. The van der Waals surface area contributed by atoms with E-state index in [1.165, 1.54) is 32.1 Å². The van der Waals surface area contributed by atoms with Crippen molar-refractivity contribution in [2.45, 2.75) is 71.1 Å². The van der Waals surface area contributed by atoms with E-state index < -0.39 is 0 Å². The van der Waals surface area contributed by atoms with Crippen molar-refractivity contribution in [2.75, 3.05) is 20.2 Å². The van der Waals surface area contributed by atoms with Crippen molar-refractivity contribution in [3.8, 4) is 0 Å². The number of hydrogen-bond donors (Lipinski definition) is 1. The summed E-state index contributed by atoms with van der Waals surface area (Å²) in [6, 6.07) is 0. The zero-order valence-corrected chi connectivity index (χ0v) is 12.3. The Morgan fingerprint density at radius 3 is 2.33 bits per heavy atom. The highest BCUT2D eigenvalue weighted by Gasteiger charge is 2.01. The van der Waals surface area contributed by atoms with Gasteiger partial charge in [0.1, 0.15) is 0 Å². The van der Waals surface area contributed by atoms with E-state index in [1.807, 2.05) is 7.05 Å². The summed E-state index contributed by atoms with van der Waals surface area (Å²) in [7, 11) is 1.97. The number of nitrogens with one attached hydrogen (secondary N) is 1. The Balaban J connectivity index is 3.12. The molecule has 1 N–H and O–H groups in total. The Morgan fingerprint density at radius 1 is 0.944 bits per heavy atom. The van der Waals surface area contributed by atoms with Crippen LogP contribution in [0.1, 0.15) is 71.1 Å². The van der Waals surface area contributed by atoms with Gasteiger partial charge in [-0.25, -0.2) is 0 Å². The molecule has 3 nitrogen and oxygen atoms in total. The number of rotatable bonds is 13. The van der Waals surface area contributed by atoms with Crippen LogP contribution in [-0.2, 0) is 9.53 Å². The van der Waals surface area contributed by atoms with Crippen LogP contribution in [0.5, 0.6) is 0 Å². The Hall–Kier alpha value is -0.570. The molecule has 0 aliphatic heterocycles. The highest BCUT2D eigenvalue weighted by Crippen LogP contribution is 2.06. The molecule has 0 amide bonds. The van der Waals surface area contributed by atoms with Gasteiger partial charge in [-0.15, -0.1) is 0 Å². The van der Waals surface area contributed by atoms with Crippen molar-refractivity contribution in [3.05, 3.63) is 0 Å². The van der Waals surface area contributed by atoms with Crippen LogP contribution in [0.15, 0.2) is 0 Å². The number of hydrogen-bond acceptors (Lipinski definition) is 3. The van der Waals surface area contributed by atoms with Crippen LogP contribution >= 0.6 is 0 Å². The summed E-state index contributed by atoms with van der Waals surface area (Å²) >= 11 is 0. The van der Waals surface area contributed by atoms with Crippen LogP contribution in [0.25, 0.3) is 0 Å². The Labute approximate surface area is 113 Å². The fourth-order valence-electron chi connectivity index (χ4n) is 1.89. The van der Waals surface area contributed by atoms with Gasteiger partial charge in [0.25, 0.3) is 0 Å². The molecule has 0 saturated carbocycles. The molecule has 108 valence electrons. The molecule has 0 aliphatic carbocycles. The maximum Gasteiger partial charge on any atom is 0.305 e. The highest BCUT2D eigenvalue weighted by molar-refractivity contribution is 5.69. The van der Waals surface area contributed by atoms with E-state index in [0.717, 1.165) is 32.2 Å². The molecule has 18 heavy (non-hydrogen) atoms. The lowest BCUT2D eigenvalue weighted by atomic mass is 10.1. The third-order valence-corrected chi connectivity index (χ3v) is 3.07. The van der Waals surface area contributed by atoms with E-state index in [-0.39, 0.29) is 5.97 Å². The van der Waals surface area contributed by atoms with Crippen LogP contribution in [-0.4, -0.2) is 26.2 Å². The monoisotopic (exact) mass is 257 g/mol. The molecular weight excluding hydrogens is 226 g/mol. The van der Waals surface area contributed by atoms with Gasteiger partial charge in [0.15, 0.2) is 0 Å². The molecule has 0 fully saturated rings. The van der Waals surface area contributed by atoms with Crippen molar-refractivity contribution in [1.29, 1.82) is 0 Å². The molecule has 0 heterocycles. The predicted octanol–water partition coefficient (Wildman–Crippen LogP) is 3.67. The largest absolute Gasteiger partial charge is 0.466 e. The molecule has 0 aromatic heterocycles. The Bertz CT molecular complexity index is 183. The maximum atomic E-state index is 11.4. The molecule has 0 aromatic rings. The molecule has 0 radical (unpaired) electrons. The second kappa shape index (κ2) is 14.5. The molecule has 0 saturated heterocycles. The minimum absolute atomic E-state index is 0.0123. The van der Waals surface area contributed by atoms with Gasteiger partial charge in [0, 0.05) is 6.42 Å². The first-order valence-corrected chi connectivity index (χ1v) is 7.61. The Morgan fingerprint density at radius 2 is 1.61 bits per heavy atom. The van der Waals surface area contributed by atoms with E-state index in [9.17, 15) is 4.79 Å². The number of carbonyl (C=O) groups is 1. The third kappa shape index (κ3) is 13.5. The molecule has 0 aromatic carbocycles. The van der Waals surface area contributed by atoms with E-state index >= 15 is 0 Å². The molecule has 0 spiro atoms. The average Bonchev–Trinajstić information content (AvgIpc) is 2.37. The standard InChI is InChI=1S/C15H31NO2/c1-3-4-5-6-9-12-15(17)18-14-11-8-7-10-13-16-2/h16H,3-14H2,1-2H3. The van der Waals surface area contributed by atoms with Gasteiger partial charge in [0.05, 0.1) is 6.61 Å². The summed E-state index contributed by atoms with van der Waals surface area (Å²) in [5.74, 6) is -0.0123. The molecule has 0 unspecified atom stereocenters. The highest BCUT2D eigenvalue weighted by atomic mass is 16.5. The van der Waals surface area contributed by atoms with Gasteiger partial charge in [-0.05, 0) is 32.9 Å². The fourth-order valence-corrected chi connectivity index (χ4v) is 1.89. The molecular formula is C15H31NO2. The van der Waals surface area contributed by atoms with Crippen molar-refractivity contribution >= 4 is 5.97 Å². The smallest absolute Gasteiger partial charge is 0.305 e. The Kier molecular flexibility index (Phi) is 14.0. The van der Waals surface area contributed by atoms with Crippen molar-refractivity contribution in [2.24, 2.45) is 0 Å². The first-order chi connectivity index (χ1) is 8.81. The average molecular weight is 257 g/mol. The van der Waals surface area contributed by atoms with Gasteiger partial charge >= 0.3 is 5.97 Å². The summed E-state index contributed by atoms with van der Waals surface area (Å²) in [5, 5.41) is 3.13. The number of esters is 1. The summed E-state index contributed by atoms with van der Waals surface area (Å²) in [6.07, 6.45) is 11.1. The topological polar surface area (TPSA) is 38.3 Å². The van der Waals surface area contributed by atoms with E-state index in [0.29, 0.717) is 13.0 Å². The van der Waals surface area contributed by atoms with Gasteiger partial charge in [0.2, 0.25) is 0 Å². The van der Waals surface area contributed by atoms with Gasteiger partial charge in [-0.3, -0.25) is 4.79 Å². The number of ether oxygens (including phenoxy) is 1. The zero-order chi connectivity index (χ0) is 13.5. The zero-order valence-electron chi connectivity index (χ0n) is 12.3. The van der Waals surface area contributed by atoms with Crippen molar-refractivity contribution in [1.82, 2.24) is 5.32 Å². The van der Waals surface area contributed by atoms with Crippen LogP contribution < -0.4 is 5.32 Å². The van der Waals surface area contributed by atoms with Crippen molar-refractivity contribution in [3.63, 3.8) is 0 Å². The van der Waals surface area contributed by atoms with Gasteiger partial charge in [-0.1, -0.05) is 45.4 Å². The molecule has 0 bridgehead atoms. The normalized spacial score (nSPS) is 10.6. The maximum absolute atomic E-state index is 11.4. The summed E-state index contributed by atoms with van der Waals surface area (Å²) in [4.78, 5) is 11.4. The lowest BCUT2D eigenvalue weighted by Crippen LogP contribution is -2.08. The number of carbonyl (C=O) groups excluding carboxylic acids is 1. The van der Waals surface area contributed by atoms with Gasteiger partial charge < -0.3 is 10.1 Å². The lowest BCUT2D eigenvalue weighted by molar-refractivity contribution is -0.143. The molecule has 3 heteroatoms. The summed E-state index contributed by atoms with van der Waals surface area (Å²) < 4.78 is 5.20. The predicted molar refractivity (Wildman–Crippen MR) is 76.7 cm³/mol. The molecule has 0 atom stereocenters. The first-order valence-electron chi connectivity index (χ1n) is 7.61. The van der Waals surface area contributed by atoms with Crippen LogP contribution in [0.2, 0.25) is 0 Å². The SMILES string of the molecule is CCCCCCCC(=O)OCCCCCCNC. The van der Waals surface area contributed by atoms with E-state index in [1.54, 1.807) is 0 Å². The minimum Gasteiger partial charge on any atom is -0.466 e. The third-order valence-electron chi connectivity index (χ3n) is 3.07. The number of unbranched alkanes of at least 4 members (excludes halogenated alkanes) is 7. The quantitative estimate of drug-likeness (QED) is 0.404. The van der Waals surface area contributed by atoms with E-state index in [4.69, 9.17) is 4.74 Å². The fraction of sp³-hybridized carbons (Fsp3) is 0.933. The van der Waals surface area contributed by atoms with Crippen molar-refractivity contribution < 1.29 is 9.53 Å². The van der Waals surface area contributed by atoms with Crippen LogP contribution in [0, 0.1) is 0 Å². The van der Waals surface area contributed by atoms with Crippen LogP contribution in [0.4, 0.5) is 0 Å². The minimum atomic E-state index is -0.0123. The van der Waals surface area contributed by atoms with E-state index in [2.05, 4.69) is 12.2 Å². The van der Waals surface area contributed by atoms with Gasteiger partial charge in [-0.2, -0.15) is 0 Å². The first kappa shape index (κ1) is 17.4. The summed E-state index contributed by atoms with van der Waals surface area (Å²) in [6.45, 7) is 3.88. The van der Waals surface area contributed by atoms with Crippen LogP contribution in [0.3, 0.4) is 0 Å². The second-order valence-electron chi connectivity index (χ2n) is 4.90. The molecule has 0 rings (SSSR count).